The van der Waals surface area contributed by atoms with Gasteiger partial charge in [0.15, 0.2) is 0 Å². The molecular formula is C38H31Cl2N5O4. The molecular weight excluding hydrogens is 661 g/mol. The molecule has 0 spiro atoms. The van der Waals surface area contributed by atoms with E-state index in [1.807, 2.05) is 63.2 Å². The molecule has 3 aromatic carbocycles. The van der Waals surface area contributed by atoms with E-state index in [0.29, 0.717) is 59.7 Å². The number of aromatic carboxylic acids is 1. The highest BCUT2D eigenvalue weighted by Crippen LogP contribution is 2.48. The Kier molecular flexibility index (Phi) is 7.57. The summed E-state index contributed by atoms with van der Waals surface area (Å²) in [6, 6.07) is 14.7. The second-order valence-electron chi connectivity index (χ2n) is 12.8. The lowest BCUT2D eigenvalue weighted by Crippen LogP contribution is -2.44. The number of anilines is 1. The molecule has 9 nitrogen and oxygen atoms in total. The number of carbonyl (C=O) groups is 2. The number of aryl methyl sites for hydroxylation is 4. The average Bonchev–Trinajstić information content (AvgIpc) is 3.32. The van der Waals surface area contributed by atoms with Crippen LogP contribution in [0.1, 0.15) is 61.4 Å². The van der Waals surface area contributed by atoms with E-state index in [9.17, 15) is 14.7 Å². The fourth-order valence-electron chi connectivity index (χ4n) is 7.53. The van der Waals surface area contributed by atoms with Gasteiger partial charge in [0.1, 0.15) is 17.8 Å². The maximum Gasteiger partial charge on any atom is 0.337 e. The fourth-order valence-corrected chi connectivity index (χ4v) is 7.89. The summed E-state index contributed by atoms with van der Waals surface area (Å²) in [5.74, 6) is -0.451. The Labute approximate surface area is 292 Å². The summed E-state index contributed by atoms with van der Waals surface area (Å²) in [6.45, 7) is 6.70. The van der Waals surface area contributed by atoms with Crippen LogP contribution >= 0.6 is 23.2 Å². The molecule has 0 bridgehead atoms. The van der Waals surface area contributed by atoms with Crippen molar-refractivity contribution in [3.8, 4) is 16.9 Å². The molecule has 3 aromatic heterocycles. The summed E-state index contributed by atoms with van der Waals surface area (Å²) in [7, 11) is 0. The largest absolute Gasteiger partial charge is 0.494 e. The molecule has 0 saturated carbocycles. The second-order valence-corrected chi connectivity index (χ2v) is 13.6. The van der Waals surface area contributed by atoms with Crippen LogP contribution in [0.25, 0.3) is 32.9 Å². The quantitative estimate of drug-likeness (QED) is 0.168. The predicted octanol–water partition coefficient (Wildman–Crippen LogP) is 8.35. The summed E-state index contributed by atoms with van der Waals surface area (Å²) in [6.07, 6.45) is 4.73. The summed E-state index contributed by atoms with van der Waals surface area (Å²) in [4.78, 5) is 42.2. The van der Waals surface area contributed by atoms with E-state index >= 15 is 0 Å². The third-order valence-corrected chi connectivity index (χ3v) is 10.6. The van der Waals surface area contributed by atoms with Crippen molar-refractivity contribution in [1.29, 1.82) is 0 Å². The lowest BCUT2D eigenvalue weighted by atomic mass is 9.95. The van der Waals surface area contributed by atoms with Gasteiger partial charge in [-0.1, -0.05) is 41.4 Å². The molecule has 0 aliphatic carbocycles. The van der Waals surface area contributed by atoms with E-state index in [2.05, 4.69) is 14.5 Å². The van der Waals surface area contributed by atoms with E-state index in [4.69, 9.17) is 32.9 Å². The number of fused-ring (bicyclic) bond motifs is 3. The van der Waals surface area contributed by atoms with Gasteiger partial charge in [-0.3, -0.25) is 9.78 Å². The lowest BCUT2D eigenvalue weighted by Gasteiger charge is -2.35. The zero-order chi connectivity index (χ0) is 34.1. The van der Waals surface area contributed by atoms with Crippen molar-refractivity contribution in [2.24, 2.45) is 0 Å². The Morgan fingerprint density at radius 3 is 2.59 bits per heavy atom. The van der Waals surface area contributed by atoms with Crippen LogP contribution in [0.2, 0.25) is 10.0 Å². The first-order valence-electron chi connectivity index (χ1n) is 16.1. The van der Waals surface area contributed by atoms with Crippen LogP contribution < -0.4 is 9.64 Å². The average molecular weight is 693 g/mol. The molecule has 1 N–H and O–H groups in total. The van der Waals surface area contributed by atoms with E-state index in [1.165, 1.54) is 6.20 Å². The standard InChI is InChI=1S/C38H31Cl2N5O4/c1-19-12-25(13-20(2)33(19)40)49-11-5-7-26-27-9-10-28(39)32-31-21(3)42-18-43-29(31)15-24-17-44(37(46)36(26)45(24)35(27)32)30-8-4-6-22-14-23(38(47)48)16-41-34(22)30/h4,6,8-10,12-14,16,18,24H,5,7,11,15,17H2,1-3H3,(H,47,48)/t24-/m1/s1. The first-order valence-corrected chi connectivity index (χ1v) is 16.9. The zero-order valence-corrected chi connectivity index (χ0v) is 28.6. The van der Waals surface area contributed by atoms with Crippen LogP contribution in [0.15, 0.2) is 61.1 Å². The van der Waals surface area contributed by atoms with Gasteiger partial charge in [0.2, 0.25) is 0 Å². The van der Waals surface area contributed by atoms with Gasteiger partial charge in [0.05, 0.1) is 45.6 Å². The van der Waals surface area contributed by atoms with Crippen molar-refractivity contribution in [1.82, 2.24) is 19.5 Å². The predicted molar refractivity (Wildman–Crippen MR) is 191 cm³/mol. The Bertz CT molecular complexity index is 2360. The van der Waals surface area contributed by atoms with Crippen LogP contribution in [0, 0.1) is 20.8 Å². The number of aromatic nitrogens is 4. The van der Waals surface area contributed by atoms with Crippen molar-refractivity contribution in [3.63, 3.8) is 0 Å². The van der Waals surface area contributed by atoms with E-state index in [0.717, 1.165) is 60.9 Å². The number of hydrogen-bond donors (Lipinski definition) is 1. The number of rotatable bonds is 7. The van der Waals surface area contributed by atoms with Crippen LogP contribution in [0.4, 0.5) is 5.69 Å². The molecule has 8 rings (SSSR count). The monoisotopic (exact) mass is 691 g/mol. The van der Waals surface area contributed by atoms with Crippen molar-refractivity contribution in [3.05, 3.63) is 110 Å². The molecule has 0 radical (unpaired) electrons. The second kappa shape index (κ2) is 11.9. The highest BCUT2D eigenvalue weighted by Gasteiger charge is 2.40. The van der Waals surface area contributed by atoms with Gasteiger partial charge < -0.3 is 19.3 Å². The molecule has 2 aliphatic rings. The highest BCUT2D eigenvalue weighted by molar-refractivity contribution is 6.35. The molecule has 1 atom stereocenters. The summed E-state index contributed by atoms with van der Waals surface area (Å²) in [5, 5.41) is 12.5. The Morgan fingerprint density at radius 1 is 1.02 bits per heavy atom. The first kappa shape index (κ1) is 31.3. The van der Waals surface area contributed by atoms with Gasteiger partial charge in [0.25, 0.3) is 5.91 Å². The third-order valence-electron chi connectivity index (χ3n) is 9.70. The molecule has 246 valence electrons. The van der Waals surface area contributed by atoms with Crippen molar-refractivity contribution < 1.29 is 19.4 Å². The van der Waals surface area contributed by atoms with Gasteiger partial charge in [-0.25, -0.2) is 14.8 Å². The highest BCUT2D eigenvalue weighted by atomic mass is 35.5. The summed E-state index contributed by atoms with van der Waals surface area (Å²) >= 11 is 13.4. The smallest absolute Gasteiger partial charge is 0.337 e. The third kappa shape index (κ3) is 5.02. The van der Waals surface area contributed by atoms with Gasteiger partial charge >= 0.3 is 5.97 Å². The van der Waals surface area contributed by atoms with Crippen molar-refractivity contribution in [2.75, 3.05) is 18.1 Å². The van der Waals surface area contributed by atoms with Crippen molar-refractivity contribution >= 4 is 62.6 Å². The molecule has 0 fully saturated rings. The van der Waals surface area contributed by atoms with Crippen LogP contribution in [0.3, 0.4) is 0 Å². The SMILES string of the molecule is Cc1cc(OCCCc2c3n4c5c(c(Cl)ccc25)-c2c(C)ncnc2C[C@@H]4CN(c2cccc4cc(C(=O)O)cnc24)C3=O)cc(C)c1Cl. The molecule has 5 heterocycles. The number of carbonyl (C=O) groups excluding carboxylic acids is 1. The van der Waals surface area contributed by atoms with Crippen molar-refractivity contribution in [2.45, 2.75) is 46.1 Å². The van der Waals surface area contributed by atoms with Gasteiger partial charge in [-0.15, -0.1) is 0 Å². The molecule has 1 amide bonds. The first-order chi connectivity index (χ1) is 23.6. The number of benzene rings is 3. The zero-order valence-electron chi connectivity index (χ0n) is 27.1. The van der Waals surface area contributed by atoms with E-state index in [1.54, 1.807) is 17.3 Å². The fraction of sp³-hybridized carbons (Fsp3) is 0.237. The van der Waals surface area contributed by atoms with E-state index < -0.39 is 5.97 Å². The number of amides is 1. The topological polar surface area (TPSA) is 110 Å². The number of halogens is 2. The molecule has 0 saturated heterocycles. The van der Waals surface area contributed by atoms with E-state index in [-0.39, 0.29) is 17.5 Å². The molecule has 49 heavy (non-hydrogen) atoms. The Hall–Kier alpha value is -4.99. The number of carboxylic acid groups (broad SMARTS) is 1. The maximum atomic E-state index is 14.9. The van der Waals surface area contributed by atoms with Gasteiger partial charge in [-0.2, -0.15) is 0 Å². The normalized spacial score (nSPS) is 15.1. The summed E-state index contributed by atoms with van der Waals surface area (Å²) in [5.41, 5.74) is 9.09. The van der Waals surface area contributed by atoms with Crippen LogP contribution in [-0.4, -0.2) is 49.7 Å². The Morgan fingerprint density at radius 2 is 1.82 bits per heavy atom. The number of nitrogens with zero attached hydrogens (tertiary/aromatic N) is 5. The lowest BCUT2D eigenvalue weighted by molar-refractivity contribution is 0.0696. The van der Waals surface area contributed by atoms with Gasteiger partial charge in [0, 0.05) is 51.8 Å². The molecule has 0 unspecified atom stereocenters. The number of hydrogen-bond acceptors (Lipinski definition) is 6. The number of carboxylic acids is 1. The molecule has 6 aromatic rings. The maximum absolute atomic E-state index is 14.9. The minimum Gasteiger partial charge on any atom is -0.494 e. The minimum absolute atomic E-state index is 0.0861. The number of ether oxygens (including phenoxy) is 1. The van der Waals surface area contributed by atoms with Crippen LogP contribution in [-0.2, 0) is 12.8 Å². The molecule has 11 heteroatoms. The van der Waals surface area contributed by atoms with Gasteiger partial charge in [-0.05, 0) is 80.6 Å². The van der Waals surface area contributed by atoms with Crippen LogP contribution in [0.5, 0.6) is 5.75 Å². The Balaban J connectivity index is 1.27. The number of pyridine rings is 1. The minimum atomic E-state index is -1.06. The number of para-hydroxylation sites is 1. The molecule has 2 aliphatic heterocycles. The summed E-state index contributed by atoms with van der Waals surface area (Å²) < 4.78 is 8.36.